The molecule has 3 rings (SSSR count). The first-order chi connectivity index (χ1) is 13.5. The number of anilines is 4. The van der Waals surface area contributed by atoms with Crippen LogP contribution in [-0.2, 0) is 10.5 Å². The topological polar surface area (TPSA) is 106 Å². The SMILES string of the molecule is Cc1ccc(NC(=O)CSCc2nc(N)nc(Nc3ccc(C)cc3)n2)cc1. The van der Waals surface area contributed by atoms with Crippen molar-refractivity contribution in [3.63, 3.8) is 0 Å². The van der Waals surface area contributed by atoms with E-state index in [-0.39, 0.29) is 11.9 Å². The Morgan fingerprint density at radius 1 is 0.929 bits per heavy atom. The van der Waals surface area contributed by atoms with Crippen molar-refractivity contribution in [1.29, 1.82) is 0 Å². The van der Waals surface area contributed by atoms with Crippen molar-refractivity contribution in [1.82, 2.24) is 15.0 Å². The first-order valence-electron chi connectivity index (χ1n) is 8.76. The molecule has 144 valence electrons. The number of nitrogens with zero attached hydrogens (tertiary/aromatic N) is 3. The molecular weight excluding hydrogens is 372 g/mol. The number of nitrogens with two attached hydrogens (primary N) is 1. The first kappa shape index (κ1) is 19.6. The Morgan fingerprint density at radius 2 is 1.54 bits per heavy atom. The summed E-state index contributed by atoms with van der Waals surface area (Å²) in [5, 5.41) is 5.98. The largest absolute Gasteiger partial charge is 0.368 e. The first-order valence-corrected chi connectivity index (χ1v) is 9.92. The van der Waals surface area contributed by atoms with E-state index in [2.05, 4.69) is 25.6 Å². The molecule has 0 unspecified atom stereocenters. The number of benzene rings is 2. The van der Waals surface area contributed by atoms with Crippen LogP contribution in [0, 0.1) is 13.8 Å². The normalized spacial score (nSPS) is 10.5. The quantitative estimate of drug-likeness (QED) is 0.561. The highest BCUT2D eigenvalue weighted by atomic mass is 32.2. The van der Waals surface area contributed by atoms with E-state index in [1.807, 2.05) is 62.4 Å². The molecule has 0 aliphatic carbocycles. The van der Waals surface area contributed by atoms with Gasteiger partial charge in [0.15, 0.2) is 0 Å². The number of aromatic nitrogens is 3. The molecule has 0 saturated carbocycles. The fourth-order valence-electron chi connectivity index (χ4n) is 2.39. The van der Waals surface area contributed by atoms with Gasteiger partial charge in [-0.1, -0.05) is 35.4 Å². The summed E-state index contributed by atoms with van der Waals surface area (Å²) in [6, 6.07) is 15.6. The lowest BCUT2D eigenvalue weighted by atomic mass is 10.2. The average Bonchev–Trinajstić information content (AvgIpc) is 2.65. The molecule has 4 N–H and O–H groups in total. The van der Waals surface area contributed by atoms with Crippen LogP contribution < -0.4 is 16.4 Å². The highest BCUT2D eigenvalue weighted by Gasteiger charge is 2.08. The number of carbonyl (C=O) groups is 1. The third kappa shape index (κ3) is 5.95. The van der Waals surface area contributed by atoms with Crippen molar-refractivity contribution in [2.45, 2.75) is 19.6 Å². The molecule has 0 spiro atoms. The van der Waals surface area contributed by atoms with E-state index in [1.54, 1.807) is 0 Å². The zero-order chi connectivity index (χ0) is 19.9. The van der Waals surface area contributed by atoms with E-state index in [0.717, 1.165) is 16.9 Å². The van der Waals surface area contributed by atoms with Crippen LogP contribution in [0.15, 0.2) is 48.5 Å². The summed E-state index contributed by atoms with van der Waals surface area (Å²) in [4.78, 5) is 24.7. The van der Waals surface area contributed by atoms with Gasteiger partial charge in [-0.25, -0.2) is 0 Å². The van der Waals surface area contributed by atoms with Gasteiger partial charge in [0.25, 0.3) is 0 Å². The summed E-state index contributed by atoms with van der Waals surface area (Å²) < 4.78 is 0. The standard InChI is InChI=1S/C20H22N6OS/c1-13-3-7-15(8-4-13)22-18(27)12-28-11-17-24-19(21)26-20(25-17)23-16-9-5-14(2)6-10-16/h3-10H,11-12H2,1-2H3,(H,22,27)(H3,21,23,24,25,26). The lowest BCUT2D eigenvalue weighted by Crippen LogP contribution is -2.14. The lowest BCUT2D eigenvalue weighted by molar-refractivity contribution is -0.113. The summed E-state index contributed by atoms with van der Waals surface area (Å²) in [5.41, 5.74) is 9.76. The second-order valence-electron chi connectivity index (χ2n) is 6.33. The summed E-state index contributed by atoms with van der Waals surface area (Å²) in [7, 11) is 0. The summed E-state index contributed by atoms with van der Waals surface area (Å²) in [6.45, 7) is 4.03. The molecule has 0 atom stereocenters. The minimum Gasteiger partial charge on any atom is -0.368 e. The van der Waals surface area contributed by atoms with Gasteiger partial charge in [-0.05, 0) is 38.1 Å². The van der Waals surface area contributed by atoms with Gasteiger partial charge >= 0.3 is 0 Å². The van der Waals surface area contributed by atoms with Crippen molar-refractivity contribution >= 4 is 40.9 Å². The summed E-state index contributed by atoms with van der Waals surface area (Å²) in [5.74, 6) is 1.72. The predicted octanol–water partition coefficient (Wildman–Crippen LogP) is 3.69. The van der Waals surface area contributed by atoms with E-state index in [9.17, 15) is 4.79 Å². The Labute approximate surface area is 168 Å². The highest BCUT2D eigenvalue weighted by molar-refractivity contribution is 7.99. The third-order valence-electron chi connectivity index (χ3n) is 3.81. The maximum Gasteiger partial charge on any atom is 0.234 e. The van der Waals surface area contributed by atoms with Crippen LogP contribution in [0.25, 0.3) is 0 Å². The van der Waals surface area contributed by atoms with Gasteiger partial charge in [0.2, 0.25) is 17.8 Å². The monoisotopic (exact) mass is 394 g/mol. The second kappa shape index (κ2) is 9.18. The molecule has 28 heavy (non-hydrogen) atoms. The van der Waals surface area contributed by atoms with Crippen LogP contribution in [0.4, 0.5) is 23.3 Å². The van der Waals surface area contributed by atoms with Gasteiger partial charge in [-0.15, -0.1) is 11.8 Å². The molecule has 1 heterocycles. The summed E-state index contributed by atoms with van der Waals surface area (Å²) >= 11 is 1.41. The molecule has 0 aliphatic heterocycles. The van der Waals surface area contributed by atoms with Gasteiger partial charge in [0.1, 0.15) is 5.82 Å². The maximum absolute atomic E-state index is 12.1. The zero-order valence-electron chi connectivity index (χ0n) is 15.8. The molecule has 8 heteroatoms. The molecular formula is C20H22N6OS. The third-order valence-corrected chi connectivity index (χ3v) is 4.74. The number of hydrogen-bond donors (Lipinski definition) is 3. The van der Waals surface area contributed by atoms with Crippen LogP contribution >= 0.6 is 11.8 Å². The minimum absolute atomic E-state index is 0.0751. The number of carbonyl (C=O) groups excluding carboxylic acids is 1. The molecule has 0 aliphatic rings. The van der Waals surface area contributed by atoms with Crippen LogP contribution in [-0.4, -0.2) is 26.6 Å². The molecule has 3 aromatic rings. The number of rotatable bonds is 7. The van der Waals surface area contributed by atoms with E-state index in [1.165, 1.54) is 17.3 Å². The van der Waals surface area contributed by atoms with Gasteiger partial charge in [-0.2, -0.15) is 15.0 Å². The molecule has 7 nitrogen and oxygen atoms in total. The lowest BCUT2D eigenvalue weighted by Gasteiger charge is -2.08. The minimum atomic E-state index is -0.0751. The maximum atomic E-state index is 12.1. The number of hydrogen-bond acceptors (Lipinski definition) is 7. The summed E-state index contributed by atoms with van der Waals surface area (Å²) in [6.07, 6.45) is 0. The number of nitrogens with one attached hydrogen (secondary N) is 2. The Bertz CT molecular complexity index is 944. The molecule has 2 aromatic carbocycles. The van der Waals surface area contributed by atoms with Crippen LogP contribution in [0.1, 0.15) is 17.0 Å². The van der Waals surface area contributed by atoms with Crippen molar-refractivity contribution in [2.24, 2.45) is 0 Å². The number of thioether (sulfide) groups is 1. The molecule has 1 amide bonds. The highest BCUT2D eigenvalue weighted by Crippen LogP contribution is 2.17. The zero-order valence-corrected chi connectivity index (χ0v) is 16.6. The van der Waals surface area contributed by atoms with Gasteiger partial charge in [0, 0.05) is 11.4 Å². The van der Waals surface area contributed by atoms with Crippen molar-refractivity contribution in [3.05, 3.63) is 65.5 Å². The Morgan fingerprint density at radius 3 is 2.18 bits per heavy atom. The number of nitrogen functional groups attached to an aromatic ring is 1. The van der Waals surface area contributed by atoms with Gasteiger partial charge < -0.3 is 16.4 Å². The molecule has 0 radical (unpaired) electrons. The van der Waals surface area contributed by atoms with Crippen LogP contribution in [0.3, 0.4) is 0 Å². The Hall–Kier alpha value is -3.13. The van der Waals surface area contributed by atoms with E-state index < -0.39 is 0 Å². The number of aryl methyl sites for hydroxylation is 2. The predicted molar refractivity (Wildman–Crippen MR) is 115 cm³/mol. The van der Waals surface area contributed by atoms with Crippen molar-refractivity contribution in [3.8, 4) is 0 Å². The second-order valence-corrected chi connectivity index (χ2v) is 7.32. The van der Waals surface area contributed by atoms with Gasteiger partial charge in [0.05, 0.1) is 11.5 Å². The Balaban J connectivity index is 1.53. The fraction of sp³-hybridized carbons (Fsp3) is 0.200. The Kier molecular flexibility index (Phi) is 6.44. The van der Waals surface area contributed by atoms with Crippen LogP contribution in [0.2, 0.25) is 0 Å². The smallest absolute Gasteiger partial charge is 0.234 e. The van der Waals surface area contributed by atoms with Gasteiger partial charge in [-0.3, -0.25) is 4.79 Å². The molecule has 0 saturated heterocycles. The molecule has 0 bridgehead atoms. The van der Waals surface area contributed by atoms with E-state index >= 15 is 0 Å². The van der Waals surface area contributed by atoms with Crippen molar-refractivity contribution in [2.75, 3.05) is 22.1 Å². The van der Waals surface area contributed by atoms with E-state index in [0.29, 0.717) is 23.3 Å². The molecule has 1 aromatic heterocycles. The van der Waals surface area contributed by atoms with Crippen molar-refractivity contribution < 1.29 is 4.79 Å². The molecule has 0 fully saturated rings. The number of amides is 1. The fourth-order valence-corrected chi connectivity index (χ4v) is 3.06. The average molecular weight is 395 g/mol. The van der Waals surface area contributed by atoms with E-state index in [4.69, 9.17) is 5.73 Å². The van der Waals surface area contributed by atoms with Crippen LogP contribution in [0.5, 0.6) is 0 Å².